The standard InChI is InChI=1S/C17H21AsN2O2/c1-22-16-7-6-15-17(20-16)13(8-9-19-15)14(10-21)11-2-4-12(18)5-3-11/h6-9,11-12,14,21H,2-5,10H2,1H3. The SMILES string of the molecule is COc1ccc2nccc(C(CO)C3CCC([As])CC3)c2n1. The summed E-state index contributed by atoms with van der Waals surface area (Å²) in [5, 5.41) is 10.0. The summed E-state index contributed by atoms with van der Waals surface area (Å²) < 4.78 is 5.99. The van der Waals surface area contributed by atoms with Crippen LogP contribution >= 0.6 is 0 Å². The molecule has 0 bridgehead atoms. The van der Waals surface area contributed by atoms with Crippen LogP contribution in [0.15, 0.2) is 24.4 Å². The molecule has 2 aromatic rings. The molecule has 1 N–H and O–H groups in total. The monoisotopic (exact) mass is 360 g/mol. The molecular formula is C17H21AsN2O2. The summed E-state index contributed by atoms with van der Waals surface area (Å²) >= 11 is 2.78. The molecule has 0 spiro atoms. The van der Waals surface area contributed by atoms with Gasteiger partial charge in [-0.3, -0.25) is 0 Å². The molecule has 1 saturated carbocycles. The Morgan fingerprint density at radius 1 is 1.27 bits per heavy atom. The minimum absolute atomic E-state index is 0.130. The molecule has 2 aromatic heterocycles. The van der Waals surface area contributed by atoms with Gasteiger partial charge in [-0.15, -0.1) is 0 Å². The molecule has 0 amide bonds. The topological polar surface area (TPSA) is 55.2 Å². The van der Waals surface area contributed by atoms with Crippen molar-refractivity contribution in [1.29, 1.82) is 0 Å². The summed E-state index contributed by atoms with van der Waals surface area (Å²) in [6.45, 7) is 0.159. The molecule has 4 nitrogen and oxygen atoms in total. The number of hydrogen-bond acceptors (Lipinski definition) is 4. The van der Waals surface area contributed by atoms with Gasteiger partial charge in [-0.05, 0) is 0 Å². The van der Waals surface area contributed by atoms with Gasteiger partial charge in [0.15, 0.2) is 0 Å². The van der Waals surface area contributed by atoms with Gasteiger partial charge in [0.2, 0.25) is 0 Å². The molecule has 0 aromatic carbocycles. The molecule has 3 rings (SSSR count). The van der Waals surface area contributed by atoms with E-state index in [9.17, 15) is 5.11 Å². The summed E-state index contributed by atoms with van der Waals surface area (Å²) in [4.78, 5) is 8.96. The zero-order valence-corrected chi connectivity index (χ0v) is 14.7. The van der Waals surface area contributed by atoms with Crippen LogP contribution in [0.5, 0.6) is 5.88 Å². The molecular weight excluding hydrogens is 339 g/mol. The number of rotatable bonds is 4. The van der Waals surface area contributed by atoms with E-state index in [-0.39, 0.29) is 12.5 Å². The summed E-state index contributed by atoms with van der Waals surface area (Å²) in [5.41, 5.74) is 2.81. The van der Waals surface area contributed by atoms with E-state index in [1.165, 1.54) is 25.7 Å². The van der Waals surface area contributed by atoms with Crippen LogP contribution in [0.3, 0.4) is 0 Å². The molecule has 1 atom stereocenters. The first-order valence-corrected chi connectivity index (χ1v) is 8.90. The van der Waals surface area contributed by atoms with E-state index < -0.39 is 0 Å². The number of aliphatic hydroxyl groups excluding tert-OH is 1. The fourth-order valence-electron chi connectivity index (χ4n) is 3.45. The maximum absolute atomic E-state index is 10.0. The van der Waals surface area contributed by atoms with Gasteiger partial charge >= 0.3 is 139 Å². The van der Waals surface area contributed by atoms with Crippen LogP contribution in [-0.4, -0.2) is 45.6 Å². The Morgan fingerprint density at radius 3 is 2.73 bits per heavy atom. The van der Waals surface area contributed by atoms with Crippen LogP contribution in [0.2, 0.25) is 4.71 Å². The molecule has 1 aliphatic rings. The van der Waals surface area contributed by atoms with E-state index in [0.29, 0.717) is 11.8 Å². The average molecular weight is 360 g/mol. The van der Waals surface area contributed by atoms with Crippen LogP contribution in [0.1, 0.15) is 37.2 Å². The summed E-state index contributed by atoms with van der Waals surface area (Å²) in [6.07, 6.45) is 6.59. The number of fused-ring (bicyclic) bond motifs is 1. The number of nitrogens with zero attached hydrogens (tertiary/aromatic N) is 2. The van der Waals surface area contributed by atoms with Crippen molar-refractivity contribution in [1.82, 2.24) is 9.97 Å². The van der Waals surface area contributed by atoms with E-state index >= 15 is 0 Å². The Bertz CT molecular complexity index is 642. The van der Waals surface area contributed by atoms with Crippen molar-refractivity contribution >= 4 is 27.9 Å². The molecule has 116 valence electrons. The summed E-state index contributed by atoms with van der Waals surface area (Å²) in [7, 11) is 1.62. The number of hydrogen-bond donors (Lipinski definition) is 1. The number of aromatic nitrogens is 2. The summed E-state index contributed by atoms with van der Waals surface area (Å²) in [6, 6.07) is 5.76. The third-order valence-corrected chi connectivity index (χ3v) is 5.79. The van der Waals surface area contributed by atoms with Gasteiger partial charge in [0.1, 0.15) is 0 Å². The van der Waals surface area contributed by atoms with Crippen molar-refractivity contribution < 1.29 is 9.84 Å². The van der Waals surface area contributed by atoms with Gasteiger partial charge in [0.05, 0.1) is 0 Å². The first-order valence-electron chi connectivity index (χ1n) is 7.81. The number of aliphatic hydroxyl groups is 1. The van der Waals surface area contributed by atoms with E-state index in [4.69, 9.17) is 4.74 Å². The van der Waals surface area contributed by atoms with Crippen molar-refractivity contribution in [3.63, 3.8) is 0 Å². The Balaban J connectivity index is 1.99. The second-order valence-electron chi connectivity index (χ2n) is 5.98. The molecule has 5 heteroatoms. The van der Waals surface area contributed by atoms with Gasteiger partial charge in [0.25, 0.3) is 0 Å². The molecule has 0 saturated heterocycles. The van der Waals surface area contributed by atoms with E-state index in [1.54, 1.807) is 7.11 Å². The number of methoxy groups -OCH3 is 1. The Kier molecular flexibility index (Phi) is 4.99. The van der Waals surface area contributed by atoms with Gasteiger partial charge < -0.3 is 0 Å². The van der Waals surface area contributed by atoms with Crippen molar-refractivity contribution in [2.24, 2.45) is 5.92 Å². The molecule has 22 heavy (non-hydrogen) atoms. The molecule has 1 unspecified atom stereocenters. The molecule has 1 fully saturated rings. The van der Waals surface area contributed by atoms with Crippen molar-refractivity contribution in [3.05, 3.63) is 30.0 Å². The van der Waals surface area contributed by atoms with Crippen molar-refractivity contribution in [2.75, 3.05) is 13.7 Å². The molecule has 2 radical (unpaired) electrons. The first kappa shape index (κ1) is 15.8. The zero-order chi connectivity index (χ0) is 15.5. The van der Waals surface area contributed by atoms with Crippen molar-refractivity contribution in [3.8, 4) is 5.88 Å². The second kappa shape index (κ2) is 6.97. The third-order valence-electron chi connectivity index (χ3n) is 4.71. The Morgan fingerprint density at radius 2 is 2.05 bits per heavy atom. The van der Waals surface area contributed by atoms with Crippen LogP contribution < -0.4 is 4.74 Å². The second-order valence-corrected chi connectivity index (χ2v) is 7.51. The van der Waals surface area contributed by atoms with Crippen LogP contribution in [0.25, 0.3) is 11.0 Å². The predicted molar refractivity (Wildman–Crippen MR) is 87.4 cm³/mol. The van der Waals surface area contributed by atoms with Gasteiger partial charge in [0, 0.05) is 0 Å². The van der Waals surface area contributed by atoms with E-state index in [0.717, 1.165) is 21.3 Å². The van der Waals surface area contributed by atoms with Gasteiger partial charge in [-0.1, -0.05) is 0 Å². The number of ether oxygens (including phenoxy) is 1. The first-order chi connectivity index (χ1) is 10.7. The Hall–Kier alpha value is -1.12. The van der Waals surface area contributed by atoms with Crippen LogP contribution in [0.4, 0.5) is 0 Å². The van der Waals surface area contributed by atoms with Crippen LogP contribution in [-0.2, 0) is 0 Å². The fraction of sp³-hybridized carbons (Fsp3) is 0.529. The minimum atomic E-state index is 0.130. The Labute approximate surface area is 139 Å². The van der Waals surface area contributed by atoms with E-state index in [1.807, 2.05) is 24.4 Å². The normalized spacial score (nSPS) is 23.4. The molecule has 2 heterocycles. The van der Waals surface area contributed by atoms with Crippen LogP contribution in [0, 0.1) is 5.92 Å². The third kappa shape index (κ3) is 3.13. The van der Waals surface area contributed by atoms with Gasteiger partial charge in [-0.2, -0.15) is 0 Å². The van der Waals surface area contributed by atoms with E-state index in [2.05, 4.69) is 26.8 Å². The quantitative estimate of drug-likeness (QED) is 0.852. The van der Waals surface area contributed by atoms with Gasteiger partial charge in [-0.25, -0.2) is 0 Å². The average Bonchev–Trinajstić information content (AvgIpc) is 2.57. The predicted octanol–water partition coefficient (Wildman–Crippen LogP) is 2.86. The molecule has 0 aliphatic heterocycles. The number of pyridine rings is 2. The van der Waals surface area contributed by atoms with Crippen molar-refractivity contribution in [2.45, 2.75) is 36.3 Å². The summed E-state index contributed by atoms with van der Waals surface area (Å²) in [5.74, 6) is 1.24. The molecule has 1 aliphatic carbocycles. The maximum atomic E-state index is 10.0. The fourth-order valence-corrected chi connectivity index (χ4v) is 4.07. The zero-order valence-electron chi connectivity index (χ0n) is 12.8.